The van der Waals surface area contributed by atoms with Crippen LogP contribution in [0, 0.1) is 39.8 Å². The van der Waals surface area contributed by atoms with Crippen LogP contribution in [0.3, 0.4) is 0 Å². The lowest BCUT2D eigenvalue weighted by atomic mass is 9.71. The van der Waals surface area contributed by atoms with Crippen molar-refractivity contribution in [3.63, 3.8) is 0 Å². The summed E-state index contributed by atoms with van der Waals surface area (Å²) in [6.07, 6.45) is 9.08. The quantitative estimate of drug-likeness (QED) is 0.0496. The molecule has 2 atom stereocenters. The molecular formula is C71H92F2N10O9Si. The predicted octanol–water partition coefficient (Wildman–Crippen LogP) is 11.8. The summed E-state index contributed by atoms with van der Waals surface area (Å²) in [7, 11) is 0.689. The van der Waals surface area contributed by atoms with E-state index in [1.807, 2.05) is 30.6 Å². The Morgan fingerprint density at radius 3 is 2.14 bits per heavy atom. The molecule has 8 heterocycles. The maximum Gasteiger partial charge on any atom is 0.410 e. The van der Waals surface area contributed by atoms with E-state index in [2.05, 4.69) is 73.0 Å². The Labute approximate surface area is 546 Å². The van der Waals surface area contributed by atoms with Crippen LogP contribution in [-0.2, 0) is 14.3 Å². The van der Waals surface area contributed by atoms with Gasteiger partial charge in [-0.2, -0.15) is 9.97 Å². The number of nitrogens with one attached hydrogen (secondary N) is 1. The molecule has 19 nitrogen and oxygen atoms in total. The molecule has 1 saturated carbocycles. The van der Waals surface area contributed by atoms with Gasteiger partial charge in [-0.05, 0) is 155 Å². The number of hydrogen-bond donors (Lipinski definition) is 1. The number of piperidine rings is 2. The molecule has 498 valence electrons. The summed E-state index contributed by atoms with van der Waals surface area (Å²) in [6, 6.07) is 10.9. The minimum absolute atomic E-state index is 0.0135. The molecule has 0 radical (unpaired) electrons. The molecule has 2 aromatic heterocycles. The van der Waals surface area contributed by atoms with Crippen LogP contribution in [0.1, 0.15) is 136 Å². The Morgan fingerprint density at radius 2 is 1.51 bits per heavy atom. The number of benzene rings is 3. The molecule has 6 aliphatic heterocycles. The SMILES string of the molecule is COCOc1cc(-c2ncc3c(N4CC5CCC(C4)N5C(=O)OC(C)(C)C)nc(OCC4(CN5CC(CN6CCC7(CC6)CCN(C(=O)c6ccc(OC)c(N8CCC(=O)NC8=O)c6)CC7)C5)CC4)nc3c2F)c2c(C#C[Si](C(C)C)(C(C)C)C(C)C)c(F)ccc2c1. The first-order valence-electron chi connectivity index (χ1n) is 33.6. The first-order valence-corrected chi connectivity index (χ1v) is 35.8. The normalized spacial score (nSPS) is 21.0. The smallest absolute Gasteiger partial charge is 0.410 e. The van der Waals surface area contributed by atoms with Gasteiger partial charge in [-0.3, -0.25) is 29.7 Å². The highest BCUT2D eigenvalue weighted by Crippen LogP contribution is 2.49. The summed E-state index contributed by atoms with van der Waals surface area (Å²) in [5.74, 6) is 3.64. The van der Waals surface area contributed by atoms with Gasteiger partial charge in [0, 0.05) is 101 Å². The fourth-order valence-corrected chi connectivity index (χ4v) is 21.4. The topological polar surface area (TPSA) is 185 Å². The number of hydrogen-bond acceptors (Lipinski definition) is 15. The van der Waals surface area contributed by atoms with Crippen LogP contribution in [-0.4, -0.2) is 184 Å². The maximum atomic E-state index is 18.3. The number of anilines is 2. The molecule has 2 bridgehead atoms. The van der Waals surface area contributed by atoms with E-state index in [4.69, 9.17) is 38.6 Å². The third kappa shape index (κ3) is 13.3. The van der Waals surface area contributed by atoms with E-state index in [1.165, 1.54) is 25.2 Å². The van der Waals surface area contributed by atoms with Crippen LogP contribution in [0.15, 0.2) is 48.7 Å². The van der Waals surface area contributed by atoms with Crippen LogP contribution in [0.2, 0.25) is 16.6 Å². The molecule has 1 spiro atoms. The van der Waals surface area contributed by atoms with Crippen LogP contribution in [0.25, 0.3) is 32.9 Å². The number of methoxy groups -OCH3 is 2. The summed E-state index contributed by atoms with van der Waals surface area (Å²) in [4.78, 5) is 79.6. The van der Waals surface area contributed by atoms with Crippen molar-refractivity contribution in [1.29, 1.82) is 0 Å². The Bertz CT molecular complexity index is 3710. The minimum atomic E-state index is -2.36. The zero-order chi connectivity index (χ0) is 65.9. The van der Waals surface area contributed by atoms with Crippen LogP contribution >= 0.6 is 0 Å². The highest BCUT2D eigenvalue weighted by Gasteiger charge is 2.49. The van der Waals surface area contributed by atoms with Crippen LogP contribution < -0.4 is 29.3 Å². The molecule has 93 heavy (non-hydrogen) atoms. The molecule has 5 aromatic rings. The van der Waals surface area contributed by atoms with Gasteiger partial charge in [0.1, 0.15) is 48.0 Å². The van der Waals surface area contributed by atoms with Crippen LogP contribution in [0.4, 0.5) is 29.9 Å². The second-order valence-electron chi connectivity index (χ2n) is 29.5. The molecule has 6 saturated heterocycles. The summed E-state index contributed by atoms with van der Waals surface area (Å²) in [6.45, 7) is 27.6. The number of nitrogens with zero attached hydrogens (tertiary/aromatic N) is 9. The number of pyridine rings is 1. The molecular weight excluding hydrogens is 1200 g/mol. The zero-order valence-electron chi connectivity index (χ0n) is 56.1. The van der Waals surface area contributed by atoms with Crippen molar-refractivity contribution in [2.24, 2.45) is 16.7 Å². The molecule has 12 rings (SSSR count). The Kier molecular flexibility index (Phi) is 18.5. The van der Waals surface area contributed by atoms with Crippen molar-refractivity contribution in [3.05, 3.63) is 71.4 Å². The van der Waals surface area contributed by atoms with Crippen molar-refractivity contribution in [2.75, 3.05) is 109 Å². The number of piperazine rings is 1. The largest absolute Gasteiger partial charge is 0.495 e. The minimum Gasteiger partial charge on any atom is -0.495 e. The van der Waals surface area contributed by atoms with E-state index in [9.17, 15) is 19.2 Å². The van der Waals surface area contributed by atoms with Gasteiger partial charge in [0.05, 0.1) is 42.4 Å². The highest BCUT2D eigenvalue weighted by atomic mass is 28.3. The van der Waals surface area contributed by atoms with Gasteiger partial charge < -0.3 is 43.3 Å². The standard InChI is InChI=1S/C71H92F2N10O9Si/c1-44(2)93(45(3)4,46(5)6)31-19-53-56(72)16-12-48-32-52(91-43-88-10)34-54(60(48)53)62-61(73)63-55(35-74-62)64(81-39-50-14-15-51(40-81)83(50)68(87)92-69(7,8)9)77-66(76-63)90-42-71(20-21-71)41-79-37-47(38-79)36-78-27-22-70(23-28-78)24-29-80(30-25-70)65(85)49-13-17-58(89-11)57(33-49)82-26-18-59(84)75-67(82)86/h12-13,16-17,32-35,44-47,50-51H,14-15,18,20-30,36-43H2,1-11H3,(H,75,84,86). The molecule has 3 aromatic carbocycles. The van der Waals surface area contributed by atoms with Gasteiger partial charge in [0.2, 0.25) is 5.91 Å². The second-order valence-corrected chi connectivity index (χ2v) is 35.0. The highest BCUT2D eigenvalue weighted by molar-refractivity contribution is 6.90. The Balaban J connectivity index is 0.742. The molecule has 7 aliphatic rings. The van der Waals surface area contributed by atoms with Gasteiger partial charge in [-0.15, -0.1) is 5.54 Å². The van der Waals surface area contributed by atoms with Crippen LogP contribution in [0.5, 0.6) is 17.5 Å². The lowest BCUT2D eigenvalue weighted by Gasteiger charge is -2.49. The number of fused-ring (bicyclic) bond motifs is 4. The number of rotatable bonds is 18. The lowest BCUT2D eigenvalue weighted by Crippen LogP contribution is -2.57. The first-order chi connectivity index (χ1) is 44.4. The number of ether oxygens (including phenoxy) is 5. The van der Waals surface area contributed by atoms with E-state index in [0.29, 0.717) is 106 Å². The summed E-state index contributed by atoms with van der Waals surface area (Å²) in [5, 5.41) is 3.78. The number of halogens is 2. The number of likely N-dealkylation sites (tertiary alicyclic amines) is 3. The van der Waals surface area contributed by atoms with E-state index in [1.54, 1.807) is 42.6 Å². The van der Waals surface area contributed by atoms with Gasteiger partial charge in [-0.25, -0.2) is 18.4 Å². The summed E-state index contributed by atoms with van der Waals surface area (Å²) >= 11 is 0. The molecule has 7 fully saturated rings. The van der Waals surface area contributed by atoms with Gasteiger partial charge in [0.15, 0.2) is 12.6 Å². The van der Waals surface area contributed by atoms with Gasteiger partial charge in [-0.1, -0.05) is 53.5 Å². The van der Waals surface area contributed by atoms with Crippen molar-refractivity contribution in [2.45, 2.75) is 154 Å². The van der Waals surface area contributed by atoms with E-state index < -0.39 is 31.3 Å². The van der Waals surface area contributed by atoms with Crippen molar-refractivity contribution in [3.8, 4) is 40.2 Å². The summed E-state index contributed by atoms with van der Waals surface area (Å²) < 4.78 is 64.4. The van der Waals surface area contributed by atoms with Gasteiger partial charge in [0.25, 0.3) is 5.91 Å². The molecule has 22 heteroatoms. The second kappa shape index (κ2) is 26.2. The fraction of sp³-hybridized carbons (Fsp3) is 0.592. The average molecular weight is 1300 g/mol. The average Bonchev–Trinajstić information content (AvgIpc) is 0.775. The van der Waals surface area contributed by atoms with Crippen molar-refractivity contribution < 1.29 is 51.6 Å². The maximum absolute atomic E-state index is 18.3. The number of urea groups is 1. The lowest BCUT2D eigenvalue weighted by molar-refractivity contribution is -0.120. The zero-order valence-corrected chi connectivity index (χ0v) is 57.1. The first kappa shape index (κ1) is 65.9. The molecule has 1 N–H and O–H groups in total. The monoisotopic (exact) mass is 1290 g/mol. The number of carbonyl (C=O) groups is 4. The fourth-order valence-electron chi connectivity index (χ4n) is 16.1. The third-order valence-corrected chi connectivity index (χ3v) is 27.6. The summed E-state index contributed by atoms with van der Waals surface area (Å²) in [5.41, 5.74) is 5.44. The Hall–Kier alpha value is -7.19. The molecule has 2 unspecified atom stereocenters. The van der Waals surface area contributed by atoms with Gasteiger partial charge >= 0.3 is 18.1 Å². The molecule has 1 aliphatic carbocycles. The third-order valence-electron chi connectivity index (χ3n) is 21.3. The van der Waals surface area contributed by atoms with E-state index >= 15 is 8.78 Å². The number of aromatic nitrogens is 3. The van der Waals surface area contributed by atoms with Crippen molar-refractivity contribution >= 4 is 65.2 Å². The number of amides is 5. The number of carbonyl (C=O) groups excluding carboxylic acids is 4. The number of imide groups is 1. The van der Waals surface area contributed by atoms with Crippen molar-refractivity contribution in [1.82, 2.24) is 39.9 Å². The van der Waals surface area contributed by atoms with E-state index in [-0.39, 0.29) is 83.4 Å². The van der Waals surface area contributed by atoms with E-state index in [0.717, 1.165) is 90.6 Å². The predicted molar refractivity (Wildman–Crippen MR) is 357 cm³/mol. The molecule has 5 amide bonds. The Morgan fingerprint density at radius 1 is 0.817 bits per heavy atom.